The van der Waals surface area contributed by atoms with Crippen molar-refractivity contribution in [3.8, 4) is 0 Å². The lowest BCUT2D eigenvalue weighted by Crippen LogP contribution is -2.46. The van der Waals surface area contributed by atoms with Gasteiger partial charge in [-0.15, -0.1) is 0 Å². The van der Waals surface area contributed by atoms with Gasteiger partial charge < -0.3 is 14.6 Å². The number of nitrogens with zero attached hydrogens (tertiary/aromatic N) is 2. The molecule has 0 aliphatic carbocycles. The zero-order chi connectivity index (χ0) is 13.0. The third-order valence-corrected chi connectivity index (χ3v) is 3.16. The molecular weight excluding hydrogens is 236 g/mol. The van der Waals surface area contributed by atoms with Crippen LogP contribution in [0.4, 0.5) is 0 Å². The van der Waals surface area contributed by atoms with Gasteiger partial charge in [-0.25, -0.2) is 4.79 Å². The van der Waals surface area contributed by atoms with E-state index < -0.39 is 5.97 Å². The normalized spacial score (nSPS) is 18.1. The summed E-state index contributed by atoms with van der Waals surface area (Å²) in [5.74, 6) is -0.277. The number of hydrogen-bond donors (Lipinski definition) is 2. The summed E-state index contributed by atoms with van der Waals surface area (Å²) < 4.78 is 5.23. The van der Waals surface area contributed by atoms with Gasteiger partial charge in [0.2, 0.25) is 0 Å². The van der Waals surface area contributed by atoms with Crippen molar-refractivity contribution in [1.82, 2.24) is 9.80 Å². The maximum Gasteiger partial charge on any atom is 0.338 e. The number of aliphatic hydroxyl groups excluding tert-OH is 1. The number of β-amino-alcohol motifs (C(OH)–C–C–N with tert-alkyl or cyclic N) is 1. The molecule has 0 radical (unpaired) electrons. The second-order valence-electron chi connectivity index (χ2n) is 4.45. The molecule has 0 amide bonds. The van der Waals surface area contributed by atoms with Gasteiger partial charge in [-0.2, -0.15) is 0 Å². The summed E-state index contributed by atoms with van der Waals surface area (Å²) in [4.78, 5) is 15.1. The first-order valence-corrected chi connectivity index (χ1v) is 6.05. The molecular formula is C12H18N2O4. The SMILES string of the molecule is O=C(O)c1coc(CN2CCN(CCO)CC2)c1. The number of carboxylic acids is 1. The highest BCUT2D eigenvalue weighted by atomic mass is 16.4. The van der Waals surface area contributed by atoms with E-state index >= 15 is 0 Å². The maximum absolute atomic E-state index is 10.7. The molecule has 0 atom stereocenters. The molecule has 2 N–H and O–H groups in total. The minimum Gasteiger partial charge on any atom is -0.478 e. The number of aliphatic hydroxyl groups is 1. The lowest BCUT2D eigenvalue weighted by atomic mass is 10.2. The molecule has 0 spiro atoms. The van der Waals surface area contributed by atoms with Gasteiger partial charge in [0.1, 0.15) is 12.0 Å². The number of aromatic carboxylic acids is 1. The lowest BCUT2D eigenvalue weighted by Gasteiger charge is -2.33. The first-order chi connectivity index (χ1) is 8.69. The Hall–Kier alpha value is -1.37. The van der Waals surface area contributed by atoms with Crippen LogP contribution in [-0.4, -0.2) is 65.3 Å². The zero-order valence-corrected chi connectivity index (χ0v) is 10.2. The Bertz CT molecular complexity index is 397. The lowest BCUT2D eigenvalue weighted by molar-refractivity contribution is 0.0696. The molecule has 1 aromatic rings. The highest BCUT2D eigenvalue weighted by molar-refractivity contribution is 5.87. The molecule has 6 heteroatoms. The van der Waals surface area contributed by atoms with Crippen molar-refractivity contribution in [3.63, 3.8) is 0 Å². The Balaban J connectivity index is 1.82. The monoisotopic (exact) mass is 254 g/mol. The van der Waals surface area contributed by atoms with Crippen LogP contribution in [0.15, 0.2) is 16.7 Å². The molecule has 0 unspecified atom stereocenters. The summed E-state index contributed by atoms with van der Waals surface area (Å²) in [5.41, 5.74) is 0.198. The summed E-state index contributed by atoms with van der Waals surface area (Å²) >= 11 is 0. The molecule has 1 fully saturated rings. The Labute approximate surface area is 105 Å². The van der Waals surface area contributed by atoms with E-state index in [1.807, 2.05) is 0 Å². The van der Waals surface area contributed by atoms with E-state index in [-0.39, 0.29) is 12.2 Å². The van der Waals surface area contributed by atoms with Gasteiger partial charge in [0.15, 0.2) is 0 Å². The van der Waals surface area contributed by atoms with Crippen LogP contribution < -0.4 is 0 Å². The van der Waals surface area contributed by atoms with Gasteiger partial charge in [-0.1, -0.05) is 0 Å². The molecule has 18 heavy (non-hydrogen) atoms. The minimum absolute atomic E-state index is 0.195. The van der Waals surface area contributed by atoms with Gasteiger partial charge in [0.05, 0.1) is 18.7 Å². The highest BCUT2D eigenvalue weighted by Gasteiger charge is 2.18. The molecule has 0 saturated carbocycles. The predicted molar refractivity (Wildman–Crippen MR) is 64.5 cm³/mol. The van der Waals surface area contributed by atoms with Crippen LogP contribution in [0.5, 0.6) is 0 Å². The molecule has 1 aliphatic rings. The van der Waals surface area contributed by atoms with Crippen molar-refractivity contribution >= 4 is 5.97 Å². The Morgan fingerprint density at radius 1 is 1.28 bits per heavy atom. The van der Waals surface area contributed by atoms with Crippen molar-refractivity contribution in [2.24, 2.45) is 0 Å². The molecule has 0 aromatic carbocycles. The Kier molecular flexibility index (Phi) is 4.35. The summed E-state index contributed by atoms with van der Waals surface area (Å²) in [5, 5.41) is 17.6. The van der Waals surface area contributed by atoms with Crippen molar-refractivity contribution < 1.29 is 19.4 Å². The van der Waals surface area contributed by atoms with Crippen LogP contribution in [0.1, 0.15) is 16.1 Å². The summed E-state index contributed by atoms with van der Waals surface area (Å²) in [6, 6.07) is 1.57. The van der Waals surface area contributed by atoms with Gasteiger partial charge in [0, 0.05) is 32.7 Å². The van der Waals surface area contributed by atoms with Gasteiger partial charge in [-0.3, -0.25) is 9.80 Å². The second-order valence-corrected chi connectivity index (χ2v) is 4.45. The standard InChI is InChI=1S/C12H18N2O4/c15-6-5-13-1-3-14(4-2-13)8-11-7-10(9-18-11)12(16)17/h7,9,15H,1-6,8H2,(H,16,17). The first kappa shape index (κ1) is 13.1. The maximum atomic E-state index is 10.7. The minimum atomic E-state index is -0.960. The van der Waals surface area contributed by atoms with Crippen LogP contribution >= 0.6 is 0 Å². The number of carboxylic acid groups (broad SMARTS) is 1. The average Bonchev–Trinajstić information content (AvgIpc) is 2.81. The number of furan rings is 1. The van der Waals surface area contributed by atoms with E-state index in [0.717, 1.165) is 32.7 Å². The third-order valence-electron chi connectivity index (χ3n) is 3.16. The van der Waals surface area contributed by atoms with Crippen LogP contribution in [0, 0.1) is 0 Å². The highest BCUT2D eigenvalue weighted by Crippen LogP contribution is 2.12. The van der Waals surface area contributed by atoms with E-state index in [9.17, 15) is 4.79 Å². The average molecular weight is 254 g/mol. The van der Waals surface area contributed by atoms with E-state index in [2.05, 4.69) is 9.80 Å². The summed E-state index contributed by atoms with van der Waals surface area (Å²) in [7, 11) is 0. The third kappa shape index (κ3) is 3.32. The fraction of sp³-hybridized carbons (Fsp3) is 0.583. The van der Waals surface area contributed by atoms with Crippen molar-refractivity contribution in [1.29, 1.82) is 0 Å². The van der Waals surface area contributed by atoms with E-state index in [0.29, 0.717) is 12.3 Å². The van der Waals surface area contributed by atoms with Crippen LogP contribution in [0.3, 0.4) is 0 Å². The van der Waals surface area contributed by atoms with E-state index in [1.165, 1.54) is 6.26 Å². The summed E-state index contributed by atoms with van der Waals surface area (Å²) in [6.07, 6.45) is 1.28. The molecule has 1 aromatic heterocycles. The number of hydrogen-bond acceptors (Lipinski definition) is 5. The largest absolute Gasteiger partial charge is 0.478 e. The van der Waals surface area contributed by atoms with Gasteiger partial charge in [0.25, 0.3) is 0 Å². The van der Waals surface area contributed by atoms with Crippen molar-refractivity contribution in [3.05, 3.63) is 23.7 Å². The second kappa shape index (κ2) is 5.99. The molecule has 2 rings (SSSR count). The zero-order valence-electron chi connectivity index (χ0n) is 10.2. The smallest absolute Gasteiger partial charge is 0.338 e. The number of piperazine rings is 1. The molecule has 0 bridgehead atoms. The summed E-state index contributed by atoms with van der Waals surface area (Å²) in [6.45, 7) is 5.21. The van der Waals surface area contributed by atoms with E-state index in [1.54, 1.807) is 6.07 Å². The number of carbonyl (C=O) groups is 1. The number of rotatable bonds is 5. The van der Waals surface area contributed by atoms with Crippen LogP contribution in [0.25, 0.3) is 0 Å². The fourth-order valence-corrected chi connectivity index (χ4v) is 2.11. The van der Waals surface area contributed by atoms with Crippen LogP contribution in [-0.2, 0) is 6.54 Å². The predicted octanol–water partition coefficient (Wildman–Crippen LogP) is 0.0877. The molecule has 1 aliphatic heterocycles. The topological polar surface area (TPSA) is 77.2 Å². The molecule has 1 saturated heterocycles. The molecule has 2 heterocycles. The fourth-order valence-electron chi connectivity index (χ4n) is 2.11. The van der Waals surface area contributed by atoms with Crippen molar-refractivity contribution in [2.75, 3.05) is 39.3 Å². The molecule has 100 valence electrons. The van der Waals surface area contributed by atoms with E-state index in [4.69, 9.17) is 14.6 Å². The van der Waals surface area contributed by atoms with Gasteiger partial charge >= 0.3 is 5.97 Å². The Morgan fingerprint density at radius 3 is 2.50 bits per heavy atom. The molecule has 6 nitrogen and oxygen atoms in total. The quantitative estimate of drug-likeness (QED) is 0.775. The first-order valence-electron chi connectivity index (χ1n) is 6.05. The van der Waals surface area contributed by atoms with Gasteiger partial charge in [-0.05, 0) is 6.07 Å². The van der Waals surface area contributed by atoms with Crippen molar-refractivity contribution in [2.45, 2.75) is 6.54 Å². The Morgan fingerprint density at radius 2 is 1.94 bits per heavy atom. The van der Waals surface area contributed by atoms with Crippen LogP contribution in [0.2, 0.25) is 0 Å².